The van der Waals surface area contributed by atoms with Gasteiger partial charge in [-0.05, 0) is 67.3 Å². The summed E-state index contributed by atoms with van der Waals surface area (Å²) >= 11 is 0. The minimum Gasteiger partial charge on any atom is -0.497 e. The fraction of sp³-hybridized carbons (Fsp3) is 0.462. The molecule has 2 amide bonds. The summed E-state index contributed by atoms with van der Waals surface area (Å²) in [5.74, 6) is 1.93. The number of nitrogens with zero attached hydrogens (tertiary/aromatic N) is 2. The van der Waals surface area contributed by atoms with Gasteiger partial charge in [-0.1, -0.05) is 30.3 Å². The SMILES string of the molecule is COc1cccc(C[C@H]2[C@H]3C[C@H](CN(C(=O)c4ccccc4)C3)[C@@H]3CCCC(=O)N32)c1. The van der Waals surface area contributed by atoms with Crippen molar-refractivity contribution in [3.05, 3.63) is 65.7 Å². The molecule has 5 rings (SSSR count). The van der Waals surface area contributed by atoms with Gasteiger partial charge in [0.15, 0.2) is 0 Å². The number of carbonyl (C=O) groups excluding carboxylic acids is 2. The highest BCUT2D eigenvalue weighted by atomic mass is 16.5. The first-order chi connectivity index (χ1) is 15.1. The van der Waals surface area contributed by atoms with Crippen molar-refractivity contribution in [2.24, 2.45) is 11.8 Å². The molecular weight excluding hydrogens is 388 g/mol. The lowest BCUT2D eigenvalue weighted by molar-refractivity contribution is -0.151. The van der Waals surface area contributed by atoms with Crippen LogP contribution in [0.1, 0.15) is 41.6 Å². The van der Waals surface area contributed by atoms with Crippen LogP contribution in [0.4, 0.5) is 0 Å². The lowest BCUT2D eigenvalue weighted by Gasteiger charge is -2.56. The zero-order valence-corrected chi connectivity index (χ0v) is 18.1. The molecule has 2 aromatic carbocycles. The summed E-state index contributed by atoms with van der Waals surface area (Å²) in [5.41, 5.74) is 1.94. The predicted octanol–water partition coefficient (Wildman–Crippen LogP) is 3.78. The van der Waals surface area contributed by atoms with E-state index in [1.807, 2.05) is 47.4 Å². The van der Waals surface area contributed by atoms with E-state index < -0.39 is 0 Å². The van der Waals surface area contributed by atoms with E-state index in [-0.39, 0.29) is 18.0 Å². The quantitative estimate of drug-likeness (QED) is 0.759. The lowest BCUT2D eigenvalue weighted by Crippen LogP contribution is -2.66. The van der Waals surface area contributed by atoms with Crippen molar-refractivity contribution in [3.63, 3.8) is 0 Å². The summed E-state index contributed by atoms with van der Waals surface area (Å²) in [4.78, 5) is 30.5. The van der Waals surface area contributed by atoms with Crippen LogP contribution in [0.3, 0.4) is 0 Å². The molecule has 0 spiro atoms. The van der Waals surface area contributed by atoms with E-state index in [1.165, 1.54) is 5.56 Å². The van der Waals surface area contributed by atoms with Gasteiger partial charge in [0.05, 0.1) is 7.11 Å². The monoisotopic (exact) mass is 418 g/mol. The summed E-state index contributed by atoms with van der Waals surface area (Å²) in [5, 5.41) is 0. The van der Waals surface area contributed by atoms with Crippen molar-refractivity contribution >= 4 is 11.8 Å². The van der Waals surface area contributed by atoms with Crippen molar-refractivity contribution in [1.29, 1.82) is 0 Å². The predicted molar refractivity (Wildman–Crippen MR) is 119 cm³/mol. The molecule has 3 heterocycles. The van der Waals surface area contributed by atoms with E-state index in [9.17, 15) is 9.59 Å². The highest BCUT2D eigenvalue weighted by Crippen LogP contribution is 2.43. The third-order valence-corrected chi connectivity index (χ3v) is 7.38. The summed E-state index contributed by atoms with van der Waals surface area (Å²) in [6.07, 6.45) is 4.56. The molecule has 3 aliphatic rings. The Morgan fingerprint density at radius 3 is 2.68 bits per heavy atom. The second kappa shape index (κ2) is 8.37. The number of benzene rings is 2. The molecule has 0 aliphatic carbocycles. The standard InChI is InChI=1S/C26H30N2O3/c1-31-22-10-5-7-18(13-22)14-24-21-15-20(23-11-6-12-25(29)28(23)24)16-27(17-21)26(30)19-8-3-2-4-9-19/h2-5,7-10,13,20-21,23-24H,6,11-12,14-17H2,1H3/t20-,21+,23+,24+/m1/s1. The van der Waals surface area contributed by atoms with Gasteiger partial charge in [0.2, 0.25) is 5.91 Å². The van der Waals surface area contributed by atoms with Gasteiger partial charge in [-0.15, -0.1) is 0 Å². The maximum Gasteiger partial charge on any atom is 0.253 e. The molecule has 2 bridgehead atoms. The Hall–Kier alpha value is -2.82. The molecule has 5 heteroatoms. The number of hydrogen-bond acceptors (Lipinski definition) is 3. The smallest absolute Gasteiger partial charge is 0.253 e. The minimum absolute atomic E-state index is 0.117. The van der Waals surface area contributed by atoms with Crippen LogP contribution in [0.2, 0.25) is 0 Å². The van der Waals surface area contributed by atoms with Crippen LogP contribution in [0.15, 0.2) is 54.6 Å². The molecule has 31 heavy (non-hydrogen) atoms. The molecule has 3 aliphatic heterocycles. The van der Waals surface area contributed by atoms with Crippen LogP contribution >= 0.6 is 0 Å². The molecule has 3 saturated heterocycles. The van der Waals surface area contributed by atoms with Crippen molar-refractivity contribution in [2.45, 2.75) is 44.2 Å². The maximum atomic E-state index is 13.2. The lowest BCUT2D eigenvalue weighted by atomic mass is 9.70. The fourth-order valence-electron chi connectivity index (χ4n) is 6.01. The largest absolute Gasteiger partial charge is 0.497 e. The third-order valence-electron chi connectivity index (χ3n) is 7.38. The van der Waals surface area contributed by atoms with Gasteiger partial charge in [0.1, 0.15) is 5.75 Å². The maximum absolute atomic E-state index is 13.2. The van der Waals surface area contributed by atoms with E-state index in [4.69, 9.17) is 4.74 Å². The van der Waals surface area contributed by atoms with E-state index >= 15 is 0 Å². The number of ether oxygens (including phenoxy) is 1. The molecule has 4 atom stereocenters. The molecule has 0 saturated carbocycles. The van der Waals surface area contributed by atoms with E-state index in [1.54, 1.807) is 7.11 Å². The van der Waals surface area contributed by atoms with Crippen molar-refractivity contribution < 1.29 is 14.3 Å². The van der Waals surface area contributed by atoms with Crippen molar-refractivity contribution in [3.8, 4) is 5.75 Å². The van der Waals surface area contributed by atoms with Crippen molar-refractivity contribution in [1.82, 2.24) is 9.80 Å². The Kier molecular flexibility index (Phi) is 5.43. The first kappa shape index (κ1) is 20.1. The Morgan fingerprint density at radius 2 is 1.87 bits per heavy atom. The van der Waals surface area contributed by atoms with Gasteiger partial charge >= 0.3 is 0 Å². The van der Waals surface area contributed by atoms with Crippen LogP contribution in [0.5, 0.6) is 5.75 Å². The summed E-state index contributed by atoms with van der Waals surface area (Å²) in [7, 11) is 1.68. The topological polar surface area (TPSA) is 49.9 Å². The summed E-state index contributed by atoms with van der Waals surface area (Å²) < 4.78 is 5.42. The third kappa shape index (κ3) is 3.82. The second-order valence-electron chi connectivity index (χ2n) is 9.22. The molecule has 0 unspecified atom stereocenters. The van der Waals surface area contributed by atoms with Gasteiger partial charge in [0, 0.05) is 37.2 Å². The molecular formula is C26H30N2O3. The number of hydrogen-bond donors (Lipinski definition) is 0. The molecule has 2 aromatic rings. The Labute approximate surface area is 184 Å². The number of piperidine rings is 3. The van der Waals surface area contributed by atoms with Crippen LogP contribution in [0, 0.1) is 11.8 Å². The minimum atomic E-state index is 0.117. The van der Waals surface area contributed by atoms with E-state index in [2.05, 4.69) is 17.0 Å². The molecule has 0 aromatic heterocycles. The average molecular weight is 419 g/mol. The molecule has 0 N–H and O–H groups in total. The van der Waals surface area contributed by atoms with Gasteiger partial charge in [-0.2, -0.15) is 0 Å². The van der Waals surface area contributed by atoms with Crippen molar-refractivity contribution in [2.75, 3.05) is 20.2 Å². The zero-order chi connectivity index (χ0) is 21.4. The van der Waals surface area contributed by atoms with Gasteiger partial charge in [-0.3, -0.25) is 9.59 Å². The number of rotatable bonds is 4. The number of carbonyl (C=O) groups is 2. The normalized spacial score (nSPS) is 27.6. The summed E-state index contributed by atoms with van der Waals surface area (Å²) in [6.45, 7) is 1.47. The number of likely N-dealkylation sites (tertiary alicyclic amines) is 1. The average Bonchev–Trinajstić information content (AvgIpc) is 2.82. The Balaban J connectivity index is 1.44. The van der Waals surface area contributed by atoms with E-state index in [0.717, 1.165) is 50.1 Å². The Morgan fingerprint density at radius 1 is 1.06 bits per heavy atom. The van der Waals surface area contributed by atoms with Gasteiger partial charge < -0.3 is 14.5 Å². The molecule has 162 valence electrons. The first-order valence-corrected chi connectivity index (χ1v) is 11.4. The van der Waals surface area contributed by atoms with Gasteiger partial charge in [-0.25, -0.2) is 0 Å². The second-order valence-corrected chi connectivity index (χ2v) is 9.22. The van der Waals surface area contributed by atoms with Gasteiger partial charge in [0.25, 0.3) is 5.91 Å². The highest BCUT2D eigenvalue weighted by Gasteiger charge is 2.49. The van der Waals surface area contributed by atoms with Crippen LogP contribution < -0.4 is 4.74 Å². The molecule has 3 fully saturated rings. The number of fused-ring (bicyclic) bond motifs is 4. The first-order valence-electron chi connectivity index (χ1n) is 11.4. The molecule has 5 nitrogen and oxygen atoms in total. The van der Waals surface area contributed by atoms with Crippen LogP contribution in [0.25, 0.3) is 0 Å². The van der Waals surface area contributed by atoms with Crippen LogP contribution in [-0.2, 0) is 11.2 Å². The Bertz CT molecular complexity index is 960. The highest BCUT2D eigenvalue weighted by molar-refractivity contribution is 5.94. The van der Waals surface area contributed by atoms with E-state index in [0.29, 0.717) is 24.2 Å². The summed E-state index contributed by atoms with van der Waals surface area (Å²) in [6, 6.07) is 18.1. The number of amides is 2. The fourth-order valence-corrected chi connectivity index (χ4v) is 6.01. The number of methoxy groups -OCH3 is 1. The molecule has 0 radical (unpaired) electrons. The van der Waals surface area contributed by atoms with Crippen LogP contribution in [-0.4, -0.2) is 53.9 Å². The zero-order valence-electron chi connectivity index (χ0n) is 18.1.